The van der Waals surface area contributed by atoms with Crippen molar-refractivity contribution in [1.29, 1.82) is 0 Å². The zero-order chi connectivity index (χ0) is 20.2. The van der Waals surface area contributed by atoms with Crippen LogP contribution in [0.4, 0.5) is 0 Å². The summed E-state index contributed by atoms with van der Waals surface area (Å²) in [5.41, 5.74) is 0.202. The molecule has 1 N–H and O–H groups in total. The fourth-order valence-electron chi connectivity index (χ4n) is 8.68. The number of aldehydes is 1. The van der Waals surface area contributed by atoms with Crippen molar-refractivity contribution >= 4 is 12.1 Å². The summed E-state index contributed by atoms with van der Waals surface area (Å²) in [6.45, 7) is 7.04. The Morgan fingerprint density at radius 1 is 0.931 bits per heavy atom. The molecule has 1 heterocycles. The molecule has 0 bridgehead atoms. The highest BCUT2D eigenvalue weighted by molar-refractivity contribution is 5.87. The molecule has 29 heavy (non-hydrogen) atoms. The van der Waals surface area contributed by atoms with Crippen molar-refractivity contribution in [2.24, 2.45) is 52.3 Å². The molecule has 0 spiro atoms. The number of hydrogen-bond acceptors (Lipinski definition) is 3. The van der Waals surface area contributed by atoms with Crippen molar-refractivity contribution in [2.75, 3.05) is 13.1 Å². The molecule has 2 unspecified atom stereocenters. The second kappa shape index (κ2) is 7.32. The maximum atomic E-state index is 12.7. The number of fused-ring (bicyclic) bond motifs is 5. The molecule has 4 saturated carbocycles. The Hall–Kier alpha value is -0.960. The summed E-state index contributed by atoms with van der Waals surface area (Å²) in [4.78, 5) is 24.9. The summed E-state index contributed by atoms with van der Waals surface area (Å²) in [6.07, 6.45) is 16.5. The fraction of sp³-hybridized carbons (Fsp3) is 0.846. The predicted octanol–water partition coefficient (Wildman–Crippen LogP) is 4.81. The molecule has 3 nitrogen and oxygen atoms in total. The lowest BCUT2D eigenvalue weighted by Gasteiger charge is -2.61. The van der Waals surface area contributed by atoms with Gasteiger partial charge in [0, 0.05) is 24.3 Å². The first kappa shape index (κ1) is 20.0. The number of ketones is 1. The Labute approximate surface area is 176 Å². The Bertz CT molecular complexity index is 695. The second-order valence-corrected chi connectivity index (χ2v) is 11.6. The largest absolute Gasteiger partial charge is 0.316 e. The molecule has 5 fully saturated rings. The Morgan fingerprint density at radius 2 is 1.76 bits per heavy atom. The smallest absolute Gasteiger partial charge is 0.139 e. The van der Waals surface area contributed by atoms with Gasteiger partial charge in [0.1, 0.15) is 12.1 Å². The average molecular weight is 398 g/mol. The number of carbonyl (C=O) groups excluding carboxylic acids is 2. The van der Waals surface area contributed by atoms with E-state index in [2.05, 4.69) is 31.3 Å². The maximum Gasteiger partial charge on any atom is 0.139 e. The highest BCUT2D eigenvalue weighted by Gasteiger charge is 2.62. The van der Waals surface area contributed by atoms with Gasteiger partial charge in [-0.05, 0) is 98.8 Å². The standard InChI is InChI=1S/C26H39NO2/c1-25-10-7-17(3-4-18-9-12-27-15-18)13-23(25)19(16-28)14-20-21-5-6-24(29)26(21,2)11-8-22(20)25/h3-4,16-23,27H,5-15H2,1-2H3/t17-,18-,19?,20+,21+,22+,23?,25-,26+/m1/s1. The minimum absolute atomic E-state index is 0.0902. The molecule has 4 aliphatic carbocycles. The van der Waals surface area contributed by atoms with Gasteiger partial charge < -0.3 is 10.1 Å². The number of rotatable bonds is 3. The van der Waals surface area contributed by atoms with Crippen LogP contribution in [0.15, 0.2) is 12.2 Å². The molecule has 0 aromatic heterocycles. The molecule has 0 radical (unpaired) electrons. The van der Waals surface area contributed by atoms with Crippen LogP contribution in [0.1, 0.15) is 71.6 Å². The first-order valence-electron chi connectivity index (χ1n) is 12.3. The number of nitrogens with one attached hydrogen (secondary N) is 1. The summed E-state index contributed by atoms with van der Waals surface area (Å²) >= 11 is 0. The molecule has 5 aliphatic rings. The number of carbonyl (C=O) groups is 2. The third-order valence-electron chi connectivity index (χ3n) is 10.4. The van der Waals surface area contributed by atoms with Gasteiger partial charge in [0.2, 0.25) is 0 Å². The van der Waals surface area contributed by atoms with Gasteiger partial charge >= 0.3 is 0 Å². The summed E-state index contributed by atoms with van der Waals surface area (Å²) in [6, 6.07) is 0. The molecule has 0 amide bonds. The molecule has 1 saturated heterocycles. The van der Waals surface area contributed by atoms with E-state index in [1.807, 2.05) is 0 Å². The molecular weight excluding hydrogens is 358 g/mol. The van der Waals surface area contributed by atoms with Gasteiger partial charge in [-0.3, -0.25) is 4.79 Å². The number of Topliss-reactive ketones (excluding diaryl/α,β-unsaturated/α-hetero) is 1. The topological polar surface area (TPSA) is 46.2 Å². The normalized spacial score (nSPS) is 52.2. The fourth-order valence-corrected chi connectivity index (χ4v) is 8.68. The second-order valence-electron chi connectivity index (χ2n) is 11.6. The van der Waals surface area contributed by atoms with E-state index in [0.717, 1.165) is 44.7 Å². The molecule has 0 aromatic rings. The summed E-state index contributed by atoms with van der Waals surface area (Å²) in [5.74, 6) is 4.43. The molecule has 3 heteroatoms. The number of allylic oxidation sites excluding steroid dienone is 1. The van der Waals surface area contributed by atoms with Gasteiger partial charge in [0.25, 0.3) is 0 Å². The molecule has 9 atom stereocenters. The van der Waals surface area contributed by atoms with Crippen molar-refractivity contribution in [3.63, 3.8) is 0 Å². The van der Waals surface area contributed by atoms with Crippen LogP contribution in [0, 0.1) is 52.3 Å². The quantitative estimate of drug-likeness (QED) is 0.549. The van der Waals surface area contributed by atoms with E-state index in [9.17, 15) is 9.59 Å². The maximum absolute atomic E-state index is 12.7. The monoisotopic (exact) mass is 397 g/mol. The highest BCUT2D eigenvalue weighted by atomic mass is 16.1. The van der Waals surface area contributed by atoms with E-state index in [-0.39, 0.29) is 11.3 Å². The van der Waals surface area contributed by atoms with Crippen LogP contribution < -0.4 is 5.32 Å². The van der Waals surface area contributed by atoms with E-state index in [0.29, 0.717) is 40.8 Å². The Kier molecular flexibility index (Phi) is 5.04. The minimum Gasteiger partial charge on any atom is -0.316 e. The van der Waals surface area contributed by atoms with Gasteiger partial charge in [-0.2, -0.15) is 0 Å². The van der Waals surface area contributed by atoms with Gasteiger partial charge in [-0.15, -0.1) is 0 Å². The van der Waals surface area contributed by atoms with Crippen LogP contribution in [-0.4, -0.2) is 25.2 Å². The van der Waals surface area contributed by atoms with Crippen LogP contribution >= 0.6 is 0 Å². The highest BCUT2D eigenvalue weighted by Crippen LogP contribution is 2.66. The van der Waals surface area contributed by atoms with E-state index in [1.54, 1.807) is 0 Å². The molecule has 160 valence electrons. The molecule has 5 rings (SSSR count). The molecular formula is C26H39NO2. The Morgan fingerprint density at radius 3 is 2.52 bits per heavy atom. The number of hydrogen-bond donors (Lipinski definition) is 1. The van der Waals surface area contributed by atoms with E-state index >= 15 is 0 Å². The molecule has 0 aromatic carbocycles. The van der Waals surface area contributed by atoms with E-state index < -0.39 is 0 Å². The predicted molar refractivity (Wildman–Crippen MR) is 115 cm³/mol. The van der Waals surface area contributed by atoms with Crippen molar-refractivity contribution in [1.82, 2.24) is 5.32 Å². The van der Waals surface area contributed by atoms with Crippen LogP contribution in [0.5, 0.6) is 0 Å². The van der Waals surface area contributed by atoms with Gasteiger partial charge in [0.15, 0.2) is 0 Å². The summed E-state index contributed by atoms with van der Waals surface area (Å²) in [5, 5.41) is 3.46. The van der Waals surface area contributed by atoms with Crippen molar-refractivity contribution < 1.29 is 9.59 Å². The summed E-state index contributed by atoms with van der Waals surface area (Å²) in [7, 11) is 0. The third kappa shape index (κ3) is 3.09. The minimum atomic E-state index is -0.0902. The van der Waals surface area contributed by atoms with Crippen molar-refractivity contribution in [3.05, 3.63) is 12.2 Å². The first-order chi connectivity index (χ1) is 14.0. The Balaban J connectivity index is 1.37. The lowest BCUT2D eigenvalue weighted by atomic mass is 9.42. The van der Waals surface area contributed by atoms with Crippen LogP contribution in [0.3, 0.4) is 0 Å². The van der Waals surface area contributed by atoms with Crippen molar-refractivity contribution in [2.45, 2.75) is 71.6 Å². The van der Waals surface area contributed by atoms with Gasteiger partial charge in [-0.1, -0.05) is 26.0 Å². The zero-order valence-electron chi connectivity index (χ0n) is 18.4. The van der Waals surface area contributed by atoms with E-state index in [4.69, 9.17) is 0 Å². The summed E-state index contributed by atoms with van der Waals surface area (Å²) < 4.78 is 0. The SMILES string of the molecule is C[C@]12CC[C@@H](C=C[C@@H]3CCNC3)CC1C(C=O)C[C@@H]1[C@@H]2CC[C@]2(C)C(=O)CC[C@@H]12. The van der Waals surface area contributed by atoms with Crippen LogP contribution in [-0.2, 0) is 9.59 Å². The van der Waals surface area contributed by atoms with Gasteiger partial charge in [-0.25, -0.2) is 0 Å². The van der Waals surface area contributed by atoms with Gasteiger partial charge in [0.05, 0.1) is 0 Å². The molecule has 1 aliphatic heterocycles. The average Bonchev–Trinajstić information content (AvgIpc) is 3.34. The van der Waals surface area contributed by atoms with E-state index in [1.165, 1.54) is 38.4 Å². The van der Waals surface area contributed by atoms with Crippen LogP contribution in [0.2, 0.25) is 0 Å². The third-order valence-corrected chi connectivity index (χ3v) is 10.4. The lowest BCUT2D eigenvalue weighted by Crippen LogP contribution is -2.56. The van der Waals surface area contributed by atoms with Crippen molar-refractivity contribution in [3.8, 4) is 0 Å². The first-order valence-corrected chi connectivity index (χ1v) is 12.3. The zero-order valence-corrected chi connectivity index (χ0v) is 18.4. The van der Waals surface area contributed by atoms with Crippen LogP contribution in [0.25, 0.3) is 0 Å². The lowest BCUT2D eigenvalue weighted by molar-refractivity contribution is -0.152.